The number of rotatable bonds is 2. The summed E-state index contributed by atoms with van der Waals surface area (Å²) < 4.78 is 4.69. The lowest BCUT2D eigenvalue weighted by Gasteiger charge is -2.10. The number of benzene rings is 1. The van der Waals surface area contributed by atoms with E-state index in [1.165, 1.54) is 7.11 Å². The third-order valence-electron chi connectivity index (χ3n) is 2.41. The van der Waals surface area contributed by atoms with Gasteiger partial charge in [0, 0.05) is 0 Å². The van der Waals surface area contributed by atoms with Gasteiger partial charge in [-0.3, -0.25) is 0 Å². The van der Waals surface area contributed by atoms with Crippen LogP contribution in [-0.2, 0) is 11.2 Å². The lowest BCUT2D eigenvalue weighted by atomic mass is 9.95. The van der Waals surface area contributed by atoms with Gasteiger partial charge in [-0.25, -0.2) is 4.79 Å². The molecule has 1 aromatic carbocycles. The molecule has 0 saturated carbocycles. The molecule has 0 bridgehead atoms. The first-order valence-corrected chi connectivity index (χ1v) is 4.76. The molecule has 1 aromatic rings. The van der Waals surface area contributed by atoms with Crippen LogP contribution in [-0.4, -0.2) is 13.1 Å². The van der Waals surface area contributed by atoms with Gasteiger partial charge in [-0.1, -0.05) is 13.0 Å². The molecule has 3 heteroatoms. The highest BCUT2D eigenvalue weighted by Gasteiger charge is 2.17. The summed E-state index contributed by atoms with van der Waals surface area (Å²) in [5, 5.41) is 8.92. The van der Waals surface area contributed by atoms with Crippen molar-refractivity contribution < 1.29 is 9.53 Å². The van der Waals surface area contributed by atoms with E-state index in [0.29, 0.717) is 17.5 Å². The van der Waals surface area contributed by atoms with E-state index in [1.807, 2.05) is 26.0 Å². The van der Waals surface area contributed by atoms with Crippen molar-refractivity contribution in [1.29, 1.82) is 5.26 Å². The monoisotopic (exact) mass is 203 g/mol. The Labute approximate surface area is 89.3 Å². The fourth-order valence-corrected chi connectivity index (χ4v) is 1.64. The van der Waals surface area contributed by atoms with E-state index < -0.39 is 5.97 Å². The molecular formula is C12H13NO2. The Morgan fingerprint density at radius 3 is 2.67 bits per heavy atom. The van der Waals surface area contributed by atoms with Crippen molar-refractivity contribution in [2.75, 3.05) is 7.11 Å². The third-order valence-corrected chi connectivity index (χ3v) is 2.41. The number of carbonyl (C=O) groups is 1. The van der Waals surface area contributed by atoms with Crippen molar-refractivity contribution in [3.63, 3.8) is 0 Å². The molecule has 0 heterocycles. The van der Waals surface area contributed by atoms with Crippen molar-refractivity contribution in [2.24, 2.45) is 0 Å². The SMILES string of the molecule is CCc1c(C)ccc(C#N)c1C(=O)OC. The molecule has 0 radical (unpaired) electrons. The molecule has 0 amide bonds. The van der Waals surface area contributed by atoms with E-state index in [4.69, 9.17) is 5.26 Å². The molecule has 0 unspecified atom stereocenters. The maximum atomic E-state index is 11.6. The Bertz CT molecular complexity index is 430. The van der Waals surface area contributed by atoms with Crippen LogP contribution in [0.5, 0.6) is 0 Å². The van der Waals surface area contributed by atoms with Crippen LogP contribution in [0.2, 0.25) is 0 Å². The van der Waals surface area contributed by atoms with Crippen LogP contribution in [0.15, 0.2) is 12.1 Å². The Hall–Kier alpha value is -1.82. The molecule has 0 fully saturated rings. The van der Waals surface area contributed by atoms with Gasteiger partial charge in [-0.05, 0) is 30.5 Å². The predicted octanol–water partition coefficient (Wildman–Crippen LogP) is 2.22. The quantitative estimate of drug-likeness (QED) is 0.692. The Morgan fingerprint density at radius 1 is 1.53 bits per heavy atom. The summed E-state index contributed by atoms with van der Waals surface area (Å²) in [6.45, 7) is 3.88. The van der Waals surface area contributed by atoms with E-state index in [0.717, 1.165) is 11.1 Å². The number of carbonyl (C=O) groups excluding carboxylic acids is 1. The summed E-state index contributed by atoms with van der Waals surface area (Å²) in [6, 6.07) is 5.52. The minimum atomic E-state index is -0.438. The number of hydrogen-bond donors (Lipinski definition) is 0. The largest absolute Gasteiger partial charge is 0.465 e. The maximum absolute atomic E-state index is 11.6. The van der Waals surface area contributed by atoms with Crippen LogP contribution in [0.4, 0.5) is 0 Å². The van der Waals surface area contributed by atoms with Crippen molar-refractivity contribution in [3.8, 4) is 6.07 Å². The zero-order valence-corrected chi connectivity index (χ0v) is 9.13. The van der Waals surface area contributed by atoms with Crippen LogP contribution in [0, 0.1) is 18.3 Å². The highest BCUT2D eigenvalue weighted by Crippen LogP contribution is 2.20. The van der Waals surface area contributed by atoms with Gasteiger partial charge in [0.25, 0.3) is 0 Å². The molecular weight excluding hydrogens is 190 g/mol. The van der Waals surface area contributed by atoms with Crippen molar-refractivity contribution >= 4 is 5.97 Å². The minimum absolute atomic E-state index is 0.379. The zero-order valence-electron chi connectivity index (χ0n) is 9.13. The fraction of sp³-hybridized carbons (Fsp3) is 0.333. The first-order chi connectivity index (χ1) is 7.15. The van der Waals surface area contributed by atoms with Crippen LogP contribution in [0.3, 0.4) is 0 Å². The number of nitrogens with zero attached hydrogens (tertiary/aromatic N) is 1. The summed E-state index contributed by atoms with van der Waals surface area (Å²) >= 11 is 0. The molecule has 0 atom stereocenters. The molecule has 0 spiro atoms. The molecule has 0 aliphatic rings. The molecule has 3 nitrogen and oxygen atoms in total. The number of hydrogen-bond acceptors (Lipinski definition) is 3. The lowest BCUT2D eigenvalue weighted by Crippen LogP contribution is -2.09. The van der Waals surface area contributed by atoms with E-state index >= 15 is 0 Å². The second-order valence-electron chi connectivity index (χ2n) is 3.24. The second kappa shape index (κ2) is 4.61. The predicted molar refractivity (Wildman–Crippen MR) is 56.6 cm³/mol. The fourth-order valence-electron chi connectivity index (χ4n) is 1.64. The summed E-state index contributed by atoms with van der Waals surface area (Å²) in [7, 11) is 1.32. The topological polar surface area (TPSA) is 50.1 Å². The van der Waals surface area contributed by atoms with Gasteiger partial charge in [-0.2, -0.15) is 5.26 Å². The minimum Gasteiger partial charge on any atom is -0.465 e. The van der Waals surface area contributed by atoms with Gasteiger partial charge in [0.1, 0.15) is 6.07 Å². The van der Waals surface area contributed by atoms with Crippen LogP contribution >= 0.6 is 0 Å². The smallest absolute Gasteiger partial charge is 0.339 e. The molecule has 1 rings (SSSR count). The normalized spacial score (nSPS) is 9.47. The number of ether oxygens (including phenoxy) is 1. The van der Waals surface area contributed by atoms with Crippen molar-refractivity contribution in [2.45, 2.75) is 20.3 Å². The van der Waals surface area contributed by atoms with Crippen molar-refractivity contribution in [3.05, 3.63) is 34.4 Å². The van der Waals surface area contributed by atoms with E-state index in [-0.39, 0.29) is 0 Å². The molecule has 0 saturated heterocycles. The molecule has 0 aliphatic heterocycles. The van der Waals surface area contributed by atoms with Gasteiger partial charge < -0.3 is 4.74 Å². The average Bonchev–Trinajstić information content (AvgIpc) is 2.27. The summed E-state index contributed by atoms with van der Waals surface area (Å²) in [4.78, 5) is 11.6. The first kappa shape index (κ1) is 11.3. The Morgan fingerprint density at radius 2 is 2.20 bits per heavy atom. The molecule has 0 aromatic heterocycles. The molecule has 78 valence electrons. The first-order valence-electron chi connectivity index (χ1n) is 4.76. The lowest BCUT2D eigenvalue weighted by molar-refractivity contribution is 0.0599. The Balaban J connectivity index is 3.49. The van der Waals surface area contributed by atoms with Gasteiger partial charge in [-0.15, -0.1) is 0 Å². The highest BCUT2D eigenvalue weighted by molar-refractivity contribution is 5.94. The van der Waals surface area contributed by atoms with Crippen LogP contribution < -0.4 is 0 Å². The zero-order chi connectivity index (χ0) is 11.4. The van der Waals surface area contributed by atoms with Crippen LogP contribution in [0.1, 0.15) is 34.0 Å². The number of aryl methyl sites for hydroxylation is 1. The van der Waals surface area contributed by atoms with Crippen LogP contribution in [0.25, 0.3) is 0 Å². The van der Waals surface area contributed by atoms with Gasteiger partial charge in [0.05, 0.1) is 18.2 Å². The summed E-state index contributed by atoms with van der Waals surface area (Å²) in [5.74, 6) is -0.438. The van der Waals surface area contributed by atoms with E-state index in [9.17, 15) is 4.79 Å². The summed E-state index contributed by atoms with van der Waals surface area (Å²) in [6.07, 6.45) is 0.714. The number of methoxy groups -OCH3 is 1. The Kier molecular flexibility index (Phi) is 3.46. The van der Waals surface area contributed by atoms with E-state index in [2.05, 4.69) is 4.74 Å². The third kappa shape index (κ3) is 1.99. The maximum Gasteiger partial charge on any atom is 0.339 e. The second-order valence-corrected chi connectivity index (χ2v) is 3.24. The standard InChI is InChI=1S/C12H13NO2/c1-4-10-8(2)5-6-9(7-13)11(10)12(14)15-3/h5-6H,4H2,1-3H3. The highest BCUT2D eigenvalue weighted by atomic mass is 16.5. The van der Waals surface area contributed by atoms with E-state index in [1.54, 1.807) is 6.07 Å². The molecule has 15 heavy (non-hydrogen) atoms. The number of esters is 1. The number of nitriles is 1. The molecule has 0 N–H and O–H groups in total. The van der Waals surface area contributed by atoms with Gasteiger partial charge in [0.15, 0.2) is 0 Å². The van der Waals surface area contributed by atoms with Gasteiger partial charge in [0.2, 0.25) is 0 Å². The van der Waals surface area contributed by atoms with Gasteiger partial charge >= 0.3 is 5.97 Å². The average molecular weight is 203 g/mol. The molecule has 0 aliphatic carbocycles. The summed E-state index contributed by atoms with van der Waals surface area (Å²) in [5.41, 5.74) is 2.68. The van der Waals surface area contributed by atoms with Crippen molar-refractivity contribution in [1.82, 2.24) is 0 Å².